The predicted molar refractivity (Wildman–Crippen MR) is 114 cm³/mol. The zero-order valence-electron chi connectivity index (χ0n) is 16.8. The molecule has 1 aliphatic rings. The highest BCUT2D eigenvalue weighted by molar-refractivity contribution is 6.11. The van der Waals surface area contributed by atoms with Gasteiger partial charge >= 0.3 is 0 Å². The number of carbonyl (C=O) groups is 2. The average Bonchev–Trinajstić information content (AvgIpc) is 3.17. The number of methoxy groups -OCH3 is 1. The first-order valence-electron chi connectivity index (χ1n) is 9.85. The van der Waals surface area contributed by atoms with Crippen molar-refractivity contribution in [3.63, 3.8) is 0 Å². The number of ether oxygens (including phenoxy) is 1. The van der Waals surface area contributed by atoms with Crippen LogP contribution in [-0.2, 0) is 4.79 Å². The normalized spacial score (nSPS) is 13.9. The molecule has 0 bridgehead atoms. The summed E-state index contributed by atoms with van der Waals surface area (Å²) >= 11 is 0. The fourth-order valence-corrected chi connectivity index (χ4v) is 3.89. The molecule has 1 aliphatic carbocycles. The lowest BCUT2D eigenvalue weighted by Crippen LogP contribution is -2.23. The van der Waals surface area contributed by atoms with Crippen LogP contribution in [0.5, 0.6) is 5.75 Å². The highest BCUT2D eigenvalue weighted by atomic mass is 16.5. The summed E-state index contributed by atoms with van der Waals surface area (Å²) in [4.78, 5) is 33.3. The Balaban J connectivity index is 1.62. The van der Waals surface area contributed by atoms with Crippen molar-refractivity contribution in [2.45, 2.75) is 18.8 Å². The molecule has 154 valence electrons. The fourth-order valence-electron chi connectivity index (χ4n) is 3.89. The van der Waals surface area contributed by atoms with E-state index in [1.807, 2.05) is 24.3 Å². The Morgan fingerprint density at radius 3 is 2.65 bits per heavy atom. The Hall–Kier alpha value is -4.07. The number of nitrogens with zero attached hydrogens (tertiary/aromatic N) is 4. The number of nitrogens with two attached hydrogens (primary N) is 1. The number of Topliss-reactive ketones (excluding diaryl/α,β-unsaturated/α-hetero) is 1. The minimum absolute atomic E-state index is 0.00359. The van der Waals surface area contributed by atoms with E-state index < -0.39 is 0 Å². The third kappa shape index (κ3) is 3.13. The first-order chi connectivity index (χ1) is 15.1. The SMILES string of the molecule is COc1cc(-c2nc(C3CC(=O)C3)n3ncnc(N)c23)ccc1C(=O)c1ccccc1. The molecule has 0 unspecified atom stereocenters. The lowest BCUT2D eigenvalue weighted by atomic mass is 9.83. The van der Waals surface area contributed by atoms with Gasteiger partial charge in [0.15, 0.2) is 11.6 Å². The Morgan fingerprint density at radius 2 is 1.94 bits per heavy atom. The maximum absolute atomic E-state index is 12.9. The number of anilines is 1. The second kappa shape index (κ2) is 7.32. The molecule has 0 radical (unpaired) electrons. The molecule has 8 nitrogen and oxygen atoms in total. The summed E-state index contributed by atoms with van der Waals surface area (Å²) in [5.74, 6) is 1.48. The van der Waals surface area contributed by atoms with Gasteiger partial charge in [0, 0.05) is 29.9 Å². The van der Waals surface area contributed by atoms with E-state index in [9.17, 15) is 9.59 Å². The molecule has 0 amide bonds. The third-order valence-electron chi connectivity index (χ3n) is 5.55. The number of fused-ring (bicyclic) bond motifs is 1. The van der Waals surface area contributed by atoms with Crippen molar-refractivity contribution >= 4 is 22.9 Å². The largest absolute Gasteiger partial charge is 0.496 e. The number of nitrogen functional groups attached to an aromatic ring is 1. The molecule has 0 aliphatic heterocycles. The Morgan fingerprint density at radius 1 is 1.16 bits per heavy atom. The zero-order chi connectivity index (χ0) is 21.5. The predicted octanol–water partition coefficient (Wildman–Crippen LogP) is 3.06. The fraction of sp³-hybridized carbons (Fsp3) is 0.174. The molecule has 0 atom stereocenters. The van der Waals surface area contributed by atoms with Crippen LogP contribution in [0.4, 0.5) is 5.82 Å². The van der Waals surface area contributed by atoms with E-state index in [1.54, 1.807) is 28.8 Å². The van der Waals surface area contributed by atoms with Crippen LogP contribution in [0, 0.1) is 0 Å². The van der Waals surface area contributed by atoms with Gasteiger partial charge in [-0.3, -0.25) is 9.59 Å². The highest BCUT2D eigenvalue weighted by Gasteiger charge is 2.33. The van der Waals surface area contributed by atoms with Gasteiger partial charge in [0.05, 0.1) is 12.7 Å². The minimum atomic E-state index is -0.129. The highest BCUT2D eigenvalue weighted by Crippen LogP contribution is 2.38. The summed E-state index contributed by atoms with van der Waals surface area (Å²) in [5, 5.41) is 4.31. The van der Waals surface area contributed by atoms with Gasteiger partial charge in [-0.1, -0.05) is 36.4 Å². The molecule has 2 aromatic carbocycles. The number of benzene rings is 2. The van der Waals surface area contributed by atoms with Crippen LogP contribution in [0.25, 0.3) is 16.8 Å². The van der Waals surface area contributed by atoms with Gasteiger partial charge < -0.3 is 10.5 Å². The van der Waals surface area contributed by atoms with Crippen LogP contribution in [-0.4, -0.2) is 38.3 Å². The first kappa shape index (κ1) is 18.9. The molecule has 2 aromatic heterocycles. The topological polar surface area (TPSA) is 112 Å². The second-order valence-corrected chi connectivity index (χ2v) is 7.48. The van der Waals surface area contributed by atoms with E-state index in [0.29, 0.717) is 46.8 Å². The molecule has 1 fully saturated rings. The quantitative estimate of drug-likeness (QED) is 0.500. The maximum atomic E-state index is 12.9. The van der Waals surface area contributed by atoms with Crippen molar-refractivity contribution in [2.75, 3.05) is 12.8 Å². The summed E-state index contributed by atoms with van der Waals surface area (Å²) in [5.41, 5.74) is 9.07. The van der Waals surface area contributed by atoms with E-state index in [2.05, 4.69) is 10.1 Å². The number of rotatable bonds is 5. The zero-order valence-corrected chi connectivity index (χ0v) is 16.8. The van der Waals surface area contributed by atoms with Crippen molar-refractivity contribution < 1.29 is 14.3 Å². The van der Waals surface area contributed by atoms with Crippen LogP contribution in [0.15, 0.2) is 54.9 Å². The second-order valence-electron chi connectivity index (χ2n) is 7.48. The molecular weight excluding hydrogens is 394 g/mol. The van der Waals surface area contributed by atoms with Crippen molar-refractivity contribution in [3.8, 4) is 17.0 Å². The number of imidazole rings is 1. The van der Waals surface area contributed by atoms with Gasteiger partial charge in [-0.2, -0.15) is 5.10 Å². The van der Waals surface area contributed by atoms with Gasteiger partial charge in [0.2, 0.25) is 0 Å². The number of hydrogen-bond acceptors (Lipinski definition) is 7. The standard InChI is InChI=1S/C23H19N5O3/c1-31-18-11-14(7-8-17(18)21(30)13-5-3-2-4-6-13)19-20-22(24)25-12-26-28(20)23(27-19)15-9-16(29)10-15/h2-8,11-12,15H,9-10H2,1H3,(H2,24,25,26). The van der Waals surface area contributed by atoms with Crippen molar-refractivity contribution in [1.29, 1.82) is 0 Å². The van der Waals surface area contributed by atoms with E-state index in [-0.39, 0.29) is 23.3 Å². The van der Waals surface area contributed by atoms with Crippen molar-refractivity contribution in [1.82, 2.24) is 19.6 Å². The van der Waals surface area contributed by atoms with Gasteiger partial charge in [0.1, 0.15) is 34.9 Å². The molecule has 1 saturated carbocycles. The molecule has 2 heterocycles. The van der Waals surface area contributed by atoms with Crippen LogP contribution >= 0.6 is 0 Å². The van der Waals surface area contributed by atoms with E-state index >= 15 is 0 Å². The van der Waals surface area contributed by atoms with Crippen LogP contribution < -0.4 is 10.5 Å². The van der Waals surface area contributed by atoms with Gasteiger partial charge in [-0.15, -0.1) is 0 Å². The lowest BCUT2D eigenvalue weighted by Gasteiger charge is -2.22. The molecular formula is C23H19N5O3. The number of aromatic nitrogens is 4. The Kier molecular flexibility index (Phi) is 4.47. The molecule has 0 spiro atoms. The number of ketones is 2. The summed E-state index contributed by atoms with van der Waals surface area (Å²) in [6.45, 7) is 0. The van der Waals surface area contributed by atoms with Crippen LogP contribution in [0.2, 0.25) is 0 Å². The molecule has 8 heteroatoms. The molecule has 31 heavy (non-hydrogen) atoms. The Labute approximate surface area is 177 Å². The Bertz CT molecular complexity index is 1320. The monoisotopic (exact) mass is 413 g/mol. The molecule has 5 rings (SSSR count). The van der Waals surface area contributed by atoms with Crippen LogP contribution in [0.1, 0.15) is 40.5 Å². The van der Waals surface area contributed by atoms with Gasteiger partial charge in [-0.25, -0.2) is 14.5 Å². The van der Waals surface area contributed by atoms with E-state index in [0.717, 1.165) is 5.56 Å². The number of hydrogen-bond donors (Lipinski definition) is 1. The lowest BCUT2D eigenvalue weighted by molar-refractivity contribution is -0.124. The maximum Gasteiger partial charge on any atom is 0.196 e. The minimum Gasteiger partial charge on any atom is -0.496 e. The smallest absolute Gasteiger partial charge is 0.196 e. The van der Waals surface area contributed by atoms with Crippen molar-refractivity contribution in [2.24, 2.45) is 0 Å². The van der Waals surface area contributed by atoms with Gasteiger partial charge in [-0.05, 0) is 12.1 Å². The van der Waals surface area contributed by atoms with Gasteiger partial charge in [0.25, 0.3) is 0 Å². The summed E-state index contributed by atoms with van der Waals surface area (Å²) in [6.07, 6.45) is 2.26. The third-order valence-corrected chi connectivity index (χ3v) is 5.55. The molecule has 0 saturated heterocycles. The number of carbonyl (C=O) groups excluding carboxylic acids is 2. The summed E-state index contributed by atoms with van der Waals surface area (Å²) < 4.78 is 7.19. The summed E-state index contributed by atoms with van der Waals surface area (Å²) in [7, 11) is 1.52. The summed E-state index contributed by atoms with van der Waals surface area (Å²) in [6, 6.07) is 14.3. The first-order valence-corrected chi connectivity index (χ1v) is 9.85. The molecule has 4 aromatic rings. The van der Waals surface area contributed by atoms with E-state index in [1.165, 1.54) is 13.4 Å². The molecule has 2 N–H and O–H groups in total. The average molecular weight is 413 g/mol. The van der Waals surface area contributed by atoms with Crippen LogP contribution in [0.3, 0.4) is 0 Å². The van der Waals surface area contributed by atoms with Crippen molar-refractivity contribution in [3.05, 3.63) is 71.8 Å². The van der Waals surface area contributed by atoms with E-state index in [4.69, 9.17) is 15.5 Å².